The lowest BCUT2D eigenvalue weighted by Crippen LogP contribution is -2.24. The van der Waals surface area contributed by atoms with Gasteiger partial charge in [-0.15, -0.1) is 0 Å². The summed E-state index contributed by atoms with van der Waals surface area (Å²) in [5.74, 6) is -0.318. The van der Waals surface area contributed by atoms with Gasteiger partial charge in [-0.25, -0.2) is 10.1 Å². The number of rotatable bonds is 4. The summed E-state index contributed by atoms with van der Waals surface area (Å²) in [6.45, 7) is -0.100. The zero-order valence-corrected chi connectivity index (χ0v) is 10.4. The molecule has 0 bridgehead atoms. The average Bonchev–Trinajstić information content (AvgIpc) is 2.78. The minimum absolute atomic E-state index is 0.0665. The molecule has 19 heavy (non-hydrogen) atoms. The van der Waals surface area contributed by atoms with E-state index in [0.29, 0.717) is 5.02 Å². The largest absolute Gasteiger partial charge is 0.367 e. The molecule has 3 N–H and O–H groups in total. The second-order valence-electron chi connectivity index (χ2n) is 3.54. The summed E-state index contributed by atoms with van der Waals surface area (Å²) in [7, 11) is 0. The highest BCUT2D eigenvalue weighted by Gasteiger charge is 2.06. The number of tetrazole rings is 1. The predicted octanol–water partition coefficient (Wildman–Crippen LogP) is 0.0590. The maximum absolute atomic E-state index is 11.5. The molecule has 0 aliphatic rings. The fourth-order valence-electron chi connectivity index (χ4n) is 1.22. The van der Waals surface area contributed by atoms with Crippen LogP contribution in [0, 0.1) is 0 Å². The zero-order chi connectivity index (χ0) is 13.7. The Morgan fingerprint density at radius 2 is 2.21 bits per heavy atom. The first-order valence-corrected chi connectivity index (χ1v) is 5.62. The van der Waals surface area contributed by atoms with Gasteiger partial charge >= 0.3 is 0 Å². The van der Waals surface area contributed by atoms with Gasteiger partial charge < -0.3 is 5.73 Å². The third-order valence-electron chi connectivity index (χ3n) is 2.13. The van der Waals surface area contributed by atoms with Crippen molar-refractivity contribution in [3.63, 3.8) is 0 Å². The standard InChI is InChI=1S/C10H10ClN7O/c11-8-3-1-7(2-4-8)5-13-14-9(19)6-18-10(12)15-16-17-18/h1-5H,6H2,(H,14,19)(H2,12,15,17). The van der Waals surface area contributed by atoms with Gasteiger partial charge in [0.15, 0.2) is 0 Å². The highest BCUT2D eigenvalue weighted by Crippen LogP contribution is 2.07. The lowest BCUT2D eigenvalue weighted by Gasteiger charge is -2.00. The molecule has 0 unspecified atom stereocenters. The van der Waals surface area contributed by atoms with Crippen molar-refractivity contribution in [2.45, 2.75) is 6.54 Å². The van der Waals surface area contributed by atoms with Crippen LogP contribution < -0.4 is 11.2 Å². The van der Waals surface area contributed by atoms with Crippen LogP contribution in [0.25, 0.3) is 0 Å². The molecule has 0 aliphatic carbocycles. The van der Waals surface area contributed by atoms with E-state index in [-0.39, 0.29) is 18.4 Å². The van der Waals surface area contributed by atoms with Crippen LogP contribution in [0.2, 0.25) is 5.02 Å². The van der Waals surface area contributed by atoms with E-state index in [1.807, 2.05) is 0 Å². The number of hydrazone groups is 1. The second kappa shape index (κ2) is 5.91. The maximum Gasteiger partial charge on any atom is 0.261 e. The lowest BCUT2D eigenvalue weighted by atomic mass is 10.2. The van der Waals surface area contributed by atoms with Crippen LogP contribution in [0.5, 0.6) is 0 Å². The van der Waals surface area contributed by atoms with Crippen molar-refractivity contribution in [2.24, 2.45) is 5.10 Å². The Hall–Kier alpha value is -2.48. The Labute approximate surface area is 113 Å². The Morgan fingerprint density at radius 3 is 2.84 bits per heavy atom. The molecule has 0 saturated carbocycles. The number of carbonyl (C=O) groups excluding carboxylic acids is 1. The Kier molecular flexibility index (Phi) is 4.04. The molecule has 2 aromatic rings. The monoisotopic (exact) mass is 279 g/mol. The van der Waals surface area contributed by atoms with Crippen LogP contribution in [-0.2, 0) is 11.3 Å². The summed E-state index contributed by atoms with van der Waals surface area (Å²) in [6.07, 6.45) is 1.50. The molecular weight excluding hydrogens is 270 g/mol. The molecule has 1 amide bonds. The third kappa shape index (κ3) is 3.75. The molecule has 1 heterocycles. The molecule has 98 valence electrons. The highest BCUT2D eigenvalue weighted by atomic mass is 35.5. The number of halogens is 1. The number of nitrogens with two attached hydrogens (primary N) is 1. The van der Waals surface area contributed by atoms with Gasteiger partial charge in [0, 0.05) is 5.02 Å². The van der Waals surface area contributed by atoms with E-state index in [1.54, 1.807) is 24.3 Å². The first-order valence-electron chi connectivity index (χ1n) is 5.24. The van der Waals surface area contributed by atoms with Crippen LogP contribution in [0.4, 0.5) is 5.95 Å². The summed E-state index contributed by atoms with van der Waals surface area (Å²) < 4.78 is 1.16. The first kappa shape index (κ1) is 13.0. The summed E-state index contributed by atoms with van der Waals surface area (Å²) in [4.78, 5) is 11.5. The third-order valence-corrected chi connectivity index (χ3v) is 2.38. The van der Waals surface area contributed by atoms with Crippen molar-refractivity contribution in [3.8, 4) is 0 Å². The van der Waals surface area contributed by atoms with E-state index in [2.05, 4.69) is 26.1 Å². The van der Waals surface area contributed by atoms with E-state index in [1.165, 1.54) is 6.21 Å². The molecule has 0 spiro atoms. The SMILES string of the molecule is Nc1nnnn1CC(=O)NN=Cc1ccc(Cl)cc1. The number of nitrogens with one attached hydrogen (secondary N) is 1. The summed E-state index contributed by atoms with van der Waals surface area (Å²) in [5, 5.41) is 14.7. The molecule has 0 atom stereocenters. The second-order valence-corrected chi connectivity index (χ2v) is 3.98. The molecule has 0 radical (unpaired) electrons. The number of hydrogen-bond acceptors (Lipinski definition) is 6. The van der Waals surface area contributed by atoms with Crippen molar-refractivity contribution < 1.29 is 4.79 Å². The first-order chi connectivity index (χ1) is 9.15. The Bertz CT molecular complexity index is 592. The van der Waals surface area contributed by atoms with Crippen molar-refractivity contribution >= 4 is 29.7 Å². The minimum atomic E-state index is -0.385. The van der Waals surface area contributed by atoms with Crippen molar-refractivity contribution in [1.29, 1.82) is 0 Å². The van der Waals surface area contributed by atoms with Gasteiger partial charge in [0.05, 0.1) is 6.21 Å². The fraction of sp³-hybridized carbons (Fsp3) is 0.100. The van der Waals surface area contributed by atoms with Crippen LogP contribution in [0.3, 0.4) is 0 Å². The molecule has 9 heteroatoms. The normalized spacial score (nSPS) is 10.8. The molecular formula is C10H10ClN7O. The minimum Gasteiger partial charge on any atom is -0.367 e. The summed E-state index contributed by atoms with van der Waals surface area (Å²) in [6, 6.07) is 7.01. The molecule has 0 saturated heterocycles. The molecule has 0 fully saturated rings. The van der Waals surface area contributed by atoms with Crippen molar-refractivity contribution in [2.75, 3.05) is 5.73 Å². The van der Waals surface area contributed by atoms with Gasteiger partial charge in [0.2, 0.25) is 5.95 Å². The van der Waals surface area contributed by atoms with Crippen LogP contribution in [0.1, 0.15) is 5.56 Å². The smallest absolute Gasteiger partial charge is 0.261 e. The number of nitrogens with zero attached hydrogens (tertiary/aromatic N) is 5. The maximum atomic E-state index is 11.5. The number of amides is 1. The topological polar surface area (TPSA) is 111 Å². The summed E-state index contributed by atoms with van der Waals surface area (Å²) >= 11 is 5.74. The van der Waals surface area contributed by atoms with E-state index in [4.69, 9.17) is 17.3 Å². The Balaban J connectivity index is 1.86. The van der Waals surface area contributed by atoms with Crippen molar-refractivity contribution in [1.82, 2.24) is 25.6 Å². The highest BCUT2D eigenvalue weighted by molar-refractivity contribution is 6.30. The van der Waals surface area contributed by atoms with Gasteiger partial charge in [-0.1, -0.05) is 28.8 Å². The van der Waals surface area contributed by atoms with E-state index in [0.717, 1.165) is 10.2 Å². The number of nitrogen functional groups attached to an aromatic ring is 1. The number of anilines is 1. The van der Waals surface area contributed by atoms with Gasteiger partial charge in [-0.2, -0.15) is 5.10 Å². The molecule has 2 rings (SSSR count). The number of aromatic nitrogens is 4. The fourth-order valence-corrected chi connectivity index (χ4v) is 1.35. The predicted molar refractivity (Wildman–Crippen MR) is 69.4 cm³/mol. The van der Waals surface area contributed by atoms with E-state index >= 15 is 0 Å². The Morgan fingerprint density at radius 1 is 1.47 bits per heavy atom. The number of hydrogen-bond donors (Lipinski definition) is 2. The molecule has 8 nitrogen and oxygen atoms in total. The van der Waals surface area contributed by atoms with Crippen molar-refractivity contribution in [3.05, 3.63) is 34.9 Å². The van der Waals surface area contributed by atoms with E-state index in [9.17, 15) is 4.79 Å². The van der Waals surface area contributed by atoms with Gasteiger partial charge in [0.25, 0.3) is 5.91 Å². The van der Waals surface area contributed by atoms with Crippen LogP contribution in [-0.4, -0.2) is 32.3 Å². The van der Waals surface area contributed by atoms with Gasteiger partial charge in [-0.3, -0.25) is 4.79 Å². The van der Waals surface area contributed by atoms with Crippen LogP contribution >= 0.6 is 11.6 Å². The zero-order valence-electron chi connectivity index (χ0n) is 9.69. The quantitative estimate of drug-likeness (QED) is 0.607. The lowest BCUT2D eigenvalue weighted by molar-refractivity contribution is -0.121. The van der Waals surface area contributed by atoms with Gasteiger partial charge in [0.1, 0.15) is 6.54 Å². The number of benzene rings is 1. The van der Waals surface area contributed by atoms with E-state index < -0.39 is 0 Å². The summed E-state index contributed by atoms with van der Waals surface area (Å²) in [5.41, 5.74) is 8.57. The van der Waals surface area contributed by atoms with Crippen LogP contribution in [0.15, 0.2) is 29.4 Å². The molecule has 1 aromatic carbocycles. The van der Waals surface area contributed by atoms with Gasteiger partial charge in [-0.05, 0) is 28.1 Å². The number of carbonyl (C=O) groups is 1. The average molecular weight is 280 g/mol. The molecule has 1 aromatic heterocycles. The molecule has 0 aliphatic heterocycles.